The molecule has 0 bridgehead atoms. The molecule has 2 aliphatic rings. The summed E-state index contributed by atoms with van der Waals surface area (Å²) in [5.41, 5.74) is 2.25. The Balaban J connectivity index is 1.75. The second kappa shape index (κ2) is 5.79. The summed E-state index contributed by atoms with van der Waals surface area (Å²) in [6.07, 6.45) is 4.42. The van der Waals surface area contributed by atoms with Crippen LogP contribution in [-0.2, 0) is 16.1 Å². The van der Waals surface area contributed by atoms with Crippen LogP contribution < -0.4 is 0 Å². The van der Waals surface area contributed by atoms with Gasteiger partial charge in [0.05, 0.1) is 12.2 Å². The van der Waals surface area contributed by atoms with Crippen molar-refractivity contribution in [3.05, 3.63) is 17.5 Å². The van der Waals surface area contributed by atoms with E-state index < -0.39 is 0 Å². The highest BCUT2D eigenvalue weighted by molar-refractivity contribution is 5.78. The minimum absolute atomic E-state index is 0.0391. The monoisotopic (exact) mass is 291 g/mol. The fourth-order valence-corrected chi connectivity index (χ4v) is 3.69. The van der Waals surface area contributed by atoms with E-state index in [1.54, 1.807) is 0 Å². The summed E-state index contributed by atoms with van der Waals surface area (Å²) in [5, 5.41) is 4.57. The van der Waals surface area contributed by atoms with E-state index in [2.05, 4.69) is 27.7 Å². The van der Waals surface area contributed by atoms with Crippen LogP contribution in [0, 0.1) is 13.8 Å². The number of hydrogen-bond acceptors (Lipinski definition) is 4. The van der Waals surface area contributed by atoms with Gasteiger partial charge in [0.1, 0.15) is 12.1 Å². The van der Waals surface area contributed by atoms with Crippen LogP contribution >= 0.6 is 0 Å². The molecule has 0 spiro atoms. The molecule has 3 atom stereocenters. The number of carbonyl (C=O) groups is 1. The number of esters is 1. The van der Waals surface area contributed by atoms with E-state index in [4.69, 9.17) is 4.74 Å². The van der Waals surface area contributed by atoms with E-state index in [9.17, 15) is 4.79 Å². The Morgan fingerprint density at radius 3 is 2.81 bits per heavy atom. The lowest BCUT2D eigenvalue weighted by Gasteiger charge is -2.38. The lowest BCUT2D eigenvalue weighted by molar-refractivity contribution is -0.146. The molecule has 0 radical (unpaired) electrons. The van der Waals surface area contributed by atoms with Crippen molar-refractivity contribution >= 4 is 5.97 Å². The molecule has 0 unspecified atom stereocenters. The van der Waals surface area contributed by atoms with Gasteiger partial charge in [-0.3, -0.25) is 14.4 Å². The first-order valence-corrected chi connectivity index (χ1v) is 8.02. The molecule has 0 amide bonds. The number of nitrogens with zero attached hydrogens (tertiary/aromatic N) is 3. The molecule has 2 fully saturated rings. The molecule has 5 heteroatoms. The Morgan fingerprint density at radius 1 is 1.38 bits per heavy atom. The Hall–Kier alpha value is -1.36. The van der Waals surface area contributed by atoms with Crippen molar-refractivity contribution in [3.8, 4) is 0 Å². The Bertz CT molecular complexity index is 526. The van der Waals surface area contributed by atoms with Crippen molar-refractivity contribution in [1.82, 2.24) is 14.7 Å². The molecular formula is C16H25N3O2. The van der Waals surface area contributed by atoms with Crippen LogP contribution in [-0.4, -0.2) is 45.4 Å². The molecule has 21 heavy (non-hydrogen) atoms. The number of piperidine rings is 1. The molecule has 0 N–H and O–H groups in total. The van der Waals surface area contributed by atoms with Gasteiger partial charge >= 0.3 is 5.97 Å². The van der Waals surface area contributed by atoms with Crippen LogP contribution in [0.4, 0.5) is 0 Å². The van der Waals surface area contributed by atoms with Gasteiger partial charge in [-0.05, 0) is 46.2 Å². The number of likely N-dealkylation sites (tertiary alicyclic amines) is 1. The first-order chi connectivity index (χ1) is 10.0. The molecule has 0 saturated carbocycles. The lowest BCUT2D eigenvalue weighted by atomic mass is 9.98. The van der Waals surface area contributed by atoms with Gasteiger partial charge in [-0.25, -0.2) is 0 Å². The van der Waals surface area contributed by atoms with E-state index in [1.807, 2.05) is 13.8 Å². The predicted octanol–water partition coefficient (Wildman–Crippen LogP) is 2.06. The quantitative estimate of drug-likeness (QED) is 0.800. The number of hydrogen-bond donors (Lipinski definition) is 0. The molecule has 1 aromatic heterocycles. The Kier molecular flexibility index (Phi) is 4.02. The fourth-order valence-electron chi connectivity index (χ4n) is 3.69. The number of aryl methyl sites for hydroxylation is 2. The van der Waals surface area contributed by atoms with E-state index in [0.29, 0.717) is 6.04 Å². The first kappa shape index (κ1) is 14.6. The fraction of sp³-hybridized carbons (Fsp3) is 0.750. The molecule has 1 aromatic rings. The highest BCUT2D eigenvalue weighted by Crippen LogP contribution is 2.28. The minimum atomic E-state index is -0.0535. The third kappa shape index (κ3) is 2.98. The second-order valence-corrected chi connectivity index (χ2v) is 6.50. The molecule has 0 aromatic carbocycles. The van der Waals surface area contributed by atoms with Gasteiger partial charge < -0.3 is 4.74 Å². The van der Waals surface area contributed by atoms with E-state index in [1.165, 1.54) is 18.5 Å². The van der Waals surface area contributed by atoms with Crippen LogP contribution in [0.1, 0.15) is 44.0 Å². The summed E-state index contributed by atoms with van der Waals surface area (Å²) >= 11 is 0. The first-order valence-electron chi connectivity index (χ1n) is 8.02. The topological polar surface area (TPSA) is 47.4 Å². The van der Waals surface area contributed by atoms with Gasteiger partial charge in [0.2, 0.25) is 0 Å². The maximum Gasteiger partial charge on any atom is 0.323 e. The number of aromatic nitrogens is 2. The minimum Gasteiger partial charge on any atom is -0.461 e. The van der Waals surface area contributed by atoms with Crippen molar-refractivity contribution in [2.24, 2.45) is 0 Å². The molecule has 2 aliphatic heterocycles. The average molecular weight is 291 g/mol. The summed E-state index contributed by atoms with van der Waals surface area (Å²) in [4.78, 5) is 14.4. The van der Waals surface area contributed by atoms with Crippen molar-refractivity contribution in [1.29, 1.82) is 0 Å². The van der Waals surface area contributed by atoms with Crippen LogP contribution in [0.25, 0.3) is 0 Å². The molecule has 116 valence electrons. The number of cyclic esters (lactones) is 1. The van der Waals surface area contributed by atoms with Gasteiger partial charge in [0.15, 0.2) is 0 Å². The van der Waals surface area contributed by atoms with Gasteiger partial charge in [-0.1, -0.05) is 6.42 Å². The summed E-state index contributed by atoms with van der Waals surface area (Å²) in [5.74, 6) is -0.0391. The third-order valence-corrected chi connectivity index (χ3v) is 4.70. The molecule has 3 rings (SSSR count). The standard InChI is InChI=1S/C16H25N3O2/c1-11-8-12(2)19(17-11)10-14-6-4-5-7-18(14)15-9-13(3)21-16(15)20/h8,13-15H,4-7,9-10H2,1-3H3/t13-,14+,15+/m1/s1. The molecular weight excluding hydrogens is 266 g/mol. The predicted molar refractivity (Wildman–Crippen MR) is 80.0 cm³/mol. The van der Waals surface area contributed by atoms with Gasteiger partial charge in [-0.2, -0.15) is 5.10 Å². The number of ether oxygens (including phenoxy) is 1. The number of carbonyl (C=O) groups excluding carboxylic acids is 1. The summed E-state index contributed by atoms with van der Waals surface area (Å²) in [7, 11) is 0. The van der Waals surface area contributed by atoms with Crippen LogP contribution in [0.3, 0.4) is 0 Å². The average Bonchev–Trinajstić information content (AvgIpc) is 2.92. The zero-order valence-corrected chi connectivity index (χ0v) is 13.2. The van der Waals surface area contributed by atoms with Gasteiger partial charge in [0, 0.05) is 18.2 Å². The SMILES string of the molecule is Cc1cc(C)n(C[C@@H]2CCCCN2[C@H]2C[C@@H](C)OC2=O)n1. The molecule has 2 saturated heterocycles. The van der Waals surface area contributed by atoms with Crippen molar-refractivity contribution in [2.75, 3.05) is 6.54 Å². The van der Waals surface area contributed by atoms with E-state index in [0.717, 1.165) is 31.6 Å². The van der Waals surface area contributed by atoms with Crippen molar-refractivity contribution in [2.45, 2.75) is 71.2 Å². The van der Waals surface area contributed by atoms with Gasteiger partial charge in [0.25, 0.3) is 0 Å². The van der Waals surface area contributed by atoms with Crippen molar-refractivity contribution < 1.29 is 9.53 Å². The lowest BCUT2D eigenvalue weighted by Crippen LogP contribution is -2.50. The number of rotatable bonds is 3. The largest absolute Gasteiger partial charge is 0.461 e. The van der Waals surface area contributed by atoms with E-state index in [-0.39, 0.29) is 18.1 Å². The zero-order chi connectivity index (χ0) is 15.0. The summed E-state index contributed by atoms with van der Waals surface area (Å²) < 4.78 is 7.44. The third-order valence-electron chi connectivity index (χ3n) is 4.70. The second-order valence-electron chi connectivity index (χ2n) is 6.50. The molecule has 5 nitrogen and oxygen atoms in total. The van der Waals surface area contributed by atoms with Crippen LogP contribution in [0.5, 0.6) is 0 Å². The molecule has 0 aliphatic carbocycles. The highest BCUT2D eigenvalue weighted by Gasteiger charge is 2.40. The smallest absolute Gasteiger partial charge is 0.323 e. The maximum atomic E-state index is 12.1. The Morgan fingerprint density at radius 2 is 2.19 bits per heavy atom. The zero-order valence-electron chi connectivity index (χ0n) is 13.2. The summed E-state index contributed by atoms with van der Waals surface area (Å²) in [6, 6.07) is 2.45. The van der Waals surface area contributed by atoms with Gasteiger partial charge in [-0.15, -0.1) is 0 Å². The van der Waals surface area contributed by atoms with Crippen molar-refractivity contribution in [3.63, 3.8) is 0 Å². The molecule has 3 heterocycles. The Labute approximate surface area is 126 Å². The van der Waals surface area contributed by atoms with Crippen LogP contribution in [0.2, 0.25) is 0 Å². The normalized spacial score (nSPS) is 30.6. The summed E-state index contributed by atoms with van der Waals surface area (Å²) in [6.45, 7) is 7.98. The maximum absolute atomic E-state index is 12.1. The highest BCUT2D eigenvalue weighted by atomic mass is 16.6. The van der Waals surface area contributed by atoms with Crippen LogP contribution in [0.15, 0.2) is 6.07 Å². The van der Waals surface area contributed by atoms with E-state index >= 15 is 0 Å².